The smallest absolute Gasteiger partial charge is 0.508 e. The van der Waals surface area contributed by atoms with Crippen molar-refractivity contribution in [3.05, 3.63) is 82.2 Å². The van der Waals surface area contributed by atoms with Crippen LogP contribution in [0.5, 0.6) is 5.75 Å². The number of carbonyl (C=O) groups excluding carboxylic acids is 4. The Labute approximate surface area is 266 Å². The number of alkyl halides is 3. The molecule has 13 nitrogen and oxygen atoms in total. The molecule has 0 aromatic heterocycles. The van der Waals surface area contributed by atoms with E-state index in [2.05, 4.69) is 21.9 Å². The first kappa shape index (κ1) is 34.6. The second kappa shape index (κ2) is 12.9. The highest BCUT2D eigenvalue weighted by Crippen LogP contribution is 2.49. The van der Waals surface area contributed by atoms with Crippen molar-refractivity contribution in [1.29, 1.82) is 0 Å². The molecule has 3 atom stereocenters. The van der Waals surface area contributed by atoms with Crippen molar-refractivity contribution in [1.82, 2.24) is 10.2 Å². The van der Waals surface area contributed by atoms with Crippen LogP contribution in [0.3, 0.4) is 0 Å². The number of aliphatic hydroxyl groups is 4. The Balaban J connectivity index is 1.66. The third kappa shape index (κ3) is 6.96. The number of amides is 3. The zero-order chi connectivity index (χ0) is 35.0. The molecule has 3 aliphatic carbocycles. The van der Waals surface area contributed by atoms with Crippen LogP contribution in [-0.2, 0) is 14.4 Å². The Morgan fingerprint density at radius 2 is 1.77 bits per heavy atom. The largest absolute Gasteiger partial charge is 0.573 e. The van der Waals surface area contributed by atoms with E-state index in [-0.39, 0.29) is 42.6 Å². The first-order valence-electron chi connectivity index (χ1n) is 14.2. The summed E-state index contributed by atoms with van der Waals surface area (Å²) in [6.45, 7) is 3.35. The van der Waals surface area contributed by atoms with Gasteiger partial charge in [0.15, 0.2) is 11.4 Å². The van der Waals surface area contributed by atoms with Crippen LogP contribution in [0.1, 0.15) is 25.7 Å². The zero-order valence-corrected chi connectivity index (χ0v) is 25.3. The number of benzene rings is 1. The molecule has 2 unspecified atom stereocenters. The highest BCUT2D eigenvalue weighted by atomic mass is 19.4. The molecule has 0 radical (unpaired) electrons. The summed E-state index contributed by atoms with van der Waals surface area (Å²) in [5.41, 5.74) is 1.50. The van der Waals surface area contributed by atoms with Crippen molar-refractivity contribution in [2.45, 2.75) is 37.6 Å². The molecule has 0 aliphatic heterocycles. The fraction of sp³-hybridized carbons (Fsp3) is 0.355. The molecule has 1 aromatic rings. The number of primary amides is 1. The Morgan fingerprint density at radius 1 is 1.13 bits per heavy atom. The molecule has 1 aromatic carbocycles. The summed E-state index contributed by atoms with van der Waals surface area (Å²) in [6, 6.07) is 3.54. The second-order valence-corrected chi connectivity index (χ2v) is 11.5. The number of halogens is 3. The van der Waals surface area contributed by atoms with Gasteiger partial charge in [-0.15, -0.1) is 13.2 Å². The minimum absolute atomic E-state index is 0.0373. The van der Waals surface area contributed by atoms with Gasteiger partial charge in [0.1, 0.15) is 28.6 Å². The van der Waals surface area contributed by atoms with Gasteiger partial charge in [0.25, 0.3) is 5.91 Å². The van der Waals surface area contributed by atoms with Gasteiger partial charge in [-0.25, -0.2) is 4.79 Å². The molecule has 0 heterocycles. The molecule has 252 valence electrons. The number of urea groups is 1. The predicted molar refractivity (Wildman–Crippen MR) is 160 cm³/mol. The van der Waals surface area contributed by atoms with E-state index >= 15 is 0 Å². The van der Waals surface area contributed by atoms with Crippen LogP contribution in [0.15, 0.2) is 82.2 Å². The molecule has 1 saturated carbocycles. The Bertz CT molecular complexity index is 1660. The number of rotatable bonds is 6. The molecular weight excluding hydrogens is 629 g/mol. The lowest BCUT2D eigenvalue weighted by Gasteiger charge is -2.45. The normalized spacial score (nSPS) is 25.0. The Morgan fingerprint density at radius 3 is 2.34 bits per heavy atom. The summed E-state index contributed by atoms with van der Waals surface area (Å²) in [5.74, 6) is -8.39. The van der Waals surface area contributed by atoms with Crippen LogP contribution in [0, 0.1) is 11.8 Å². The van der Waals surface area contributed by atoms with Crippen LogP contribution in [0.2, 0.25) is 0 Å². The van der Waals surface area contributed by atoms with Crippen molar-refractivity contribution in [2.24, 2.45) is 17.6 Å². The lowest BCUT2D eigenvalue weighted by atomic mass is 9.60. The molecule has 4 rings (SSSR count). The van der Waals surface area contributed by atoms with Crippen molar-refractivity contribution < 1.29 is 57.5 Å². The first-order valence-corrected chi connectivity index (χ1v) is 14.2. The van der Waals surface area contributed by atoms with Crippen molar-refractivity contribution in [3.8, 4) is 5.75 Å². The van der Waals surface area contributed by atoms with Crippen LogP contribution in [0.4, 0.5) is 23.7 Å². The first-order chi connectivity index (χ1) is 21.8. The van der Waals surface area contributed by atoms with Crippen LogP contribution in [-0.4, -0.2) is 81.4 Å². The molecule has 1 fully saturated rings. The summed E-state index contributed by atoms with van der Waals surface area (Å²) in [4.78, 5) is 52.7. The van der Waals surface area contributed by atoms with Crippen molar-refractivity contribution >= 4 is 29.2 Å². The van der Waals surface area contributed by atoms with Crippen LogP contribution in [0.25, 0.3) is 0 Å². The van der Waals surface area contributed by atoms with E-state index in [1.54, 1.807) is 25.1 Å². The predicted octanol–water partition coefficient (Wildman–Crippen LogP) is 3.33. The maximum Gasteiger partial charge on any atom is 0.573 e. The summed E-state index contributed by atoms with van der Waals surface area (Å²) in [7, 11) is 3.42. The van der Waals surface area contributed by atoms with E-state index in [0.29, 0.717) is 5.70 Å². The number of nitrogens with zero attached hydrogens (tertiary/aromatic N) is 1. The fourth-order valence-corrected chi connectivity index (χ4v) is 5.92. The van der Waals surface area contributed by atoms with Crippen LogP contribution >= 0.6 is 0 Å². The lowest BCUT2D eigenvalue weighted by molar-refractivity contribution is -0.274. The van der Waals surface area contributed by atoms with E-state index in [4.69, 9.17) is 5.73 Å². The van der Waals surface area contributed by atoms with E-state index < -0.39 is 87.9 Å². The van der Waals surface area contributed by atoms with Gasteiger partial charge in [-0.2, -0.15) is 0 Å². The van der Waals surface area contributed by atoms with Crippen molar-refractivity contribution in [3.63, 3.8) is 0 Å². The highest BCUT2D eigenvalue weighted by Gasteiger charge is 2.59. The number of ketones is 2. The molecule has 0 bridgehead atoms. The molecule has 3 aliphatic rings. The second-order valence-electron chi connectivity index (χ2n) is 11.5. The number of allylic oxidation sites excluding steroid dienone is 1. The summed E-state index contributed by atoms with van der Waals surface area (Å²) in [6.07, 6.45) is -3.41. The highest BCUT2D eigenvalue weighted by molar-refractivity contribution is 6.22. The standard InChI is InChI=1S/C31H33F3N4O9/c1-14-24(40)16(13-36-29(45)37-18-5-8-20(9-6-18)47-31(32,33)34)11-19(38(2)3)7-4-15-10-17-12-21(39)23(28(35)44)27(43)30(17,46)26(42)22(15)25(14)41/h5-6,8-9,11,15,17,40-41,43,46H,1,4,7,10,12-13H2,2-3H3,(H2,35,44)(H2,36,37,45)/b19-11+,24-16?,25-22?/t15?,17?,30-/m0/s1. The number of carbonyl (C=O) groups is 4. The molecule has 0 saturated heterocycles. The third-order valence-corrected chi connectivity index (χ3v) is 8.29. The average molecular weight is 663 g/mol. The van der Waals surface area contributed by atoms with Crippen molar-refractivity contribution in [2.75, 3.05) is 26.0 Å². The number of ether oxygens (including phenoxy) is 1. The van der Waals surface area contributed by atoms with Gasteiger partial charge in [0.05, 0.1) is 5.57 Å². The van der Waals surface area contributed by atoms with Gasteiger partial charge < -0.3 is 46.4 Å². The lowest BCUT2D eigenvalue weighted by Crippen LogP contribution is -2.57. The molecular formula is C31H33F3N4O9. The minimum Gasteiger partial charge on any atom is -0.508 e. The number of hydrogen-bond donors (Lipinski definition) is 7. The number of nitrogens with two attached hydrogens (primary N) is 1. The Hall–Kier alpha value is -5.25. The molecule has 8 N–H and O–H groups in total. The minimum atomic E-state index is -4.89. The third-order valence-electron chi connectivity index (χ3n) is 8.29. The fourth-order valence-electron chi connectivity index (χ4n) is 5.92. The maximum absolute atomic E-state index is 13.9. The maximum atomic E-state index is 13.9. The molecule has 16 heteroatoms. The van der Waals surface area contributed by atoms with Gasteiger partial charge >= 0.3 is 12.4 Å². The molecule has 0 spiro atoms. The van der Waals surface area contributed by atoms with Gasteiger partial charge in [-0.3, -0.25) is 14.4 Å². The topological polar surface area (TPSA) is 212 Å². The summed E-state index contributed by atoms with van der Waals surface area (Å²) < 4.78 is 41.1. The van der Waals surface area contributed by atoms with E-state index in [9.17, 15) is 52.8 Å². The molecule has 3 amide bonds. The van der Waals surface area contributed by atoms with Gasteiger partial charge in [-0.05, 0) is 55.5 Å². The number of anilines is 1. The van der Waals surface area contributed by atoms with E-state index in [0.717, 1.165) is 12.1 Å². The number of aliphatic hydroxyl groups excluding tert-OH is 3. The van der Waals surface area contributed by atoms with Crippen LogP contribution < -0.4 is 21.1 Å². The molecule has 47 heavy (non-hydrogen) atoms. The van der Waals surface area contributed by atoms with Gasteiger partial charge in [-0.1, -0.05) is 6.58 Å². The van der Waals surface area contributed by atoms with E-state index in [1.165, 1.54) is 12.1 Å². The summed E-state index contributed by atoms with van der Waals surface area (Å²) in [5, 5.41) is 49.7. The number of hydrogen-bond acceptors (Lipinski definition) is 10. The average Bonchev–Trinajstić information content (AvgIpc) is 2.97. The van der Waals surface area contributed by atoms with Gasteiger partial charge in [0, 0.05) is 55.5 Å². The Kier molecular flexibility index (Phi) is 9.47. The number of fused-ring (bicyclic) bond motifs is 2. The monoisotopic (exact) mass is 662 g/mol. The number of Topliss-reactive ketones (excluding diaryl/α,β-unsaturated/α-hetero) is 2. The zero-order valence-electron chi connectivity index (χ0n) is 25.3. The quantitative estimate of drug-likeness (QED) is 0.221. The summed E-state index contributed by atoms with van der Waals surface area (Å²) >= 11 is 0. The SMILES string of the molecule is C=C1C(O)=C(CNC(=O)Nc2ccc(OC(F)(F)F)cc2)/C=C(/N(C)C)CCC2CC3CC(=O)C(C(N)=O)=C(O)[C@@]3(O)C(=O)C2=C1O. The van der Waals surface area contributed by atoms with E-state index in [1.807, 2.05) is 0 Å². The number of nitrogens with one attached hydrogen (secondary N) is 2. The van der Waals surface area contributed by atoms with Gasteiger partial charge in [0.2, 0.25) is 5.78 Å².